The zero-order chi connectivity index (χ0) is 18.2. The highest BCUT2D eigenvalue weighted by molar-refractivity contribution is 8.00. The lowest BCUT2D eigenvalue weighted by Gasteiger charge is -2.17. The largest absolute Gasteiger partial charge is 0.508 e. The number of phenols is 1. The number of thioether (sulfide) groups is 1. The summed E-state index contributed by atoms with van der Waals surface area (Å²) in [5, 5.41) is 9.46. The maximum absolute atomic E-state index is 12.6. The summed E-state index contributed by atoms with van der Waals surface area (Å²) in [4.78, 5) is 13.8. The maximum atomic E-state index is 12.6. The molecular weight excluding hydrogens is 328 g/mol. The minimum atomic E-state index is 0.0696. The summed E-state index contributed by atoms with van der Waals surface area (Å²) in [5.41, 5.74) is 3.02. The van der Waals surface area contributed by atoms with Crippen LogP contribution < -0.4 is 0 Å². The number of Topliss-reactive ketones (excluding diaryl/α,β-unsaturated/α-hetero) is 1. The fourth-order valence-corrected chi connectivity index (χ4v) is 3.49. The molecule has 1 unspecified atom stereocenters. The van der Waals surface area contributed by atoms with E-state index in [4.69, 9.17) is 0 Å². The SMILES string of the molecule is C/C=C\C=C(/C)C(CC(=O)c1ccc(O)cc1)Sc1ccc(C)cc1. The molecule has 130 valence electrons. The van der Waals surface area contributed by atoms with E-state index in [1.54, 1.807) is 36.0 Å². The third-order valence-corrected chi connectivity index (χ3v) is 5.29. The average molecular weight is 352 g/mol. The molecule has 0 bridgehead atoms. The summed E-state index contributed by atoms with van der Waals surface area (Å²) in [6, 6.07) is 14.8. The van der Waals surface area contributed by atoms with Crippen molar-refractivity contribution in [3.05, 3.63) is 83.5 Å². The quantitative estimate of drug-likeness (QED) is 0.380. The highest BCUT2D eigenvalue weighted by Crippen LogP contribution is 2.31. The number of hydrogen-bond donors (Lipinski definition) is 1. The van der Waals surface area contributed by atoms with Gasteiger partial charge in [-0.1, -0.05) is 41.5 Å². The molecule has 2 nitrogen and oxygen atoms in total. The molecule has 0 fully saturated rings. The number of hydrogen-bond acceptors (Lipinski definition) is 3. The van der Waals surface area contributed by atoms with E-state index < -0.39 is 0 Å². The van der Waals surface area contributed by atoms with Crippen LogP contribution in [-0.4, -0.2) is 16.1 Å². The van der Waals surface area contributed by atoms with E-state index in [1.165, 1.54) is 5.56 Å². The van der Waals surface area contributed by atoms with Gasteiger partial charge in [0.25, 0.3) is 0 Å². The maximum Gasteiger partial charge on any atom is 0.164 e. The van der Waals surface area contributed by atoms with Crippen LogP contribution >= 0.6 is 11.8 Å². The first-order valence-corrected chi connectivity index (χ1v) is 9.22. The Labute approximate surface area is 154 Å². The molecule has 0 amide bonds. The van der Waals surface area contributed by atoms with Crippen molar-refractivity contribution in [2.24, 2.45) is 0 Å². The third kappa shape index (κ3) is 5.95. The van der Waals surface area contributed by atoms with Crippen molar-refractivity contribution < 1.29 is 9.90 Å². The van der Waals surface area contributed by atoms with E-state index >= 15 is 0 Å². The summed E-state index contributed by atoms with van der Waals surface area (Å²) in [7, 11) is 0. The van der Waals surface area contributed by atoms with E-state index in [0.29, 0.717) is 12.0 Å². The smallest absolute Gasteiger partial charge is 0.164 e. The molecule has 0 aromatic heterocycles. The van der Waals surface area contributed by atoms with Crippen LogP contribution in [0, 0.1) is 6.92 Å². The minimum Gasteiger partial charge on any atom is -0.508 e. The molecule has 0 aliphatic heterocycles. The number of carbonyl (C=O) groups excluding carboxylic acids is 1. The van der Waals surface area contributed by atoms with Crippen LogP contribution in [0.1, 0.15) is 36.2 Å². The molecule has 0 saturated heterocycles. The molecule has 2 aromatic carbocycles. The third-order valence-electron chi connectivity index (χ3n) is 3.92. The molecule has 25 heavy (non-hydrogen) atoms. The van der Waals surface area contributed by atoms with Crippen LogP contribution in [0.2, 0.25) is 0 Å². The fraction of sp³-hybridized carbons (Fsp3) is 0.227. The van der Waals surface area contributed by atoms with Crippen LogP contribution in [0.25, 0.3) is 0 Å². The Kier molecular flexibility index (Phi) is 7.08. The Morgan fingerprint density at radius 1 is 1.12 bits per heavy atom. The normalized spacial score (nSPS) is 13.2. The molecule has 1 N–H and O–H groups in total. The molecule has 1 atom stereocenters. The summed E-state index contributed by atoms with van der Waals surface area (Å²) >= 11 is 1.71. The minimum absolute atomic E-state index is 0.0696. The van der Waals surface area contributed by atoms with Crippen molar-refractivity contribution in [2.45, 2.75) is 37.3 Å². The van der Waals surface area contributed by atoms with Gasteiger partial charge >= 0.3 is 0 Å². The number of phenolic OH excluding ortho intramolecular Hbond substituents is 1. The number of aryl methyl sites for hydroxylation is 1. The summed E-state index contributed by atoms with van der Waals surface area (Å²) < 4.78 is 0. The van der Waals surface area contributed by atoms with Crippen LogP contribution in [0.4, 0.5) is 0 Å². The number of ketones is 1. The van der Waals surface area contributed by atoms with E-state index in [-0.39, 0.29) is 16.8 Å². The monoisotopic (exact) mass is 352 g/mol. The Morgan fingerprint density at radius 3 is 2.36 bits per heavy atom. The summed E-state index contributed by atoms with van der Waals surface area (Å²) in [5.74, 6) is 0.254. The van der Waals surface area contributed by atoms with Crippen molar-refractivity contribution in [1.82, 2.24) is 0 Å². The fourth-order valence-electron chi connectivity index (χ4n) is 2.37. The van der Waals surface area contributed by atoms with Crippen LogP contribution in [-0.2, 0) is 0 Å². The number of aromatic hydroxyl groups is 1. The van der Waals surface area contributed by atoms with Gasteiger partial charge in [-0.3, -0.25) is 4.79 Å². The van der Waals surface area contributed by atoms with E-state index in [9.17, 15) is 9.90 Å². The molecular formula is C22H24O2S. The zero-order valence-corrected chi connectivity index (χ0v) is 15.7. The molecule has 0 heterocycles. The topological polar surface area (TPSA) is 37.3 Å². The van der Waals surface area contributed by atoms with Gasteiger partial charge in [0.15, 0.2) is 5.78 Å². The lowest BCUT2D eigenvalue weighted by Crippen LogP contribution is -2.12. The zero-order valence-electron chi connectivity index (χ0n) is 14.9. The first kappa shape index (κ1) is 19.1. The molecule has 0 radical (unpaired) electrons. The molecule has 0 saturated carbocycles. The van der Waals surface area contributed by atoms with Gasteiger partial charge in [-0.25, -0.2) is 0 Å². The average Bonchev–Trinajstić information content (AvgIpc) is 2.61. The molecule has 0 aliphatic carbocycles. The van der Waals surface area contributed by atoms with E-state index in [1.807, 2.05) is 19.1 Å². The lowest BCUT2D eigenvalue weighted by atomic mass is 10.0. The molecule has 2 rings (SSSR count). The van der Waals surface area contributed by atoms with Gasteiger partial charge in [-0.15, -0.1) is 11.8 Å². The van der Waals surface area contributed by atoms with Crippen molar-refractivity contribution >= 4 is 17.5 Å². The molecule has 0 spiro atoms. The van der Waals surface area contributed by atoms with Gasteiger partial charge in [0, 0.05) is 22.1 Å². The standard InChI is InChI=1S/C22H24O2S/c1-4-5-6-17(3)22(25-20-13-7-16(2)8-14-20)15-21(24)18-9-11-19(23)12-10-18/h4-14,22-23H,15H2,1-3H3/b5-4-,17-6+. The van der Waals surface area contributed by atoms with Crippen molar-refractivity contribution in [3.8, 4) is 5.75 Å². The number of allylic oxidation sites excluding steroid dienone is 3. The van der Waals surface area contributed by atoms with Gasteiger partial charge in [0.2, 0.25) is 0 Å². The van der Waals surface area contributed by atoms with E-state index in [2.05, 4.69) is 44.2 Å². The van der Waals surface area contributed by atoms with Crippen LogP contribution in [0.3, 0.4) is 0 Å². The molecule has 2 aromatic rings. The van der Waals surface area contributed by atoms with Gasteiger partial charge in [-0.05, 0) is 57.2 Å². The second-order valence-electron chi connectivity index (χ2n) is 6.03. The Hall–Kier alpha value is -2.26. The molecule has 0 aliphatic rings. The van der Waals surface area contributed by atoms with Gasteiger partial charge < -0.3 is 5.11 Å². The molecule has 3 heteroatoms. The van der Waals surface area contributed by atoms with Gasteiger partial charge in [0.05, 0.1) is 0 Å². The predicted molar refractivity (Wildman–Crippen MR) is 106 cm³/mol. The highest BCUT2D eigenvalue weighted by Gasteiger charge is 2.18. The van der Waals surface area contributed by atoms with E-state index in [0.717, 1.165) is 10.5 Å². The van der Waals surface area contributed by atoms with Crippen molar-refractivity contribution in [1.29, 1.82) is 0 Å². The van der Waals surface area contributed by atoms with Crippen molar-refractivity contribution in [2.75, 3.05) is 0 Å². The van der Waals surface area contributed by atoms with Gasteiger partial charge in [-0.2, -0.15) is 0 Å². The van der Waals surface area contributed by atoms with Crippen LogP contribution in [0.5, 0.6) is 5.75 Å². The number of benzene rings is 2. The number of carbonyl (C=O) groups is 1. The predicted octanol–water partition coefficient (Wildman–Crippen LogP) is 5.96. The van der Waals surface area contributed by atoms with Crippen molar-refractivity contribution in [3.63, 3.8) is 0 Å². The second-order valence-corrected chi connectivity index (χ2v) is 7.31. The summed E-state index contributed by atoms with van der Waals surface area (Å²) in [6.07, 6.45) is 6.47. The lowest BCUT2D eigenvalue weighted by molar-refractivity contribution is 0.0984. The second kappa shape index (κ2) is 9.28. The Balaban J connectivity index is 2.19. The Morgan fingerprint density at radius 2 is 1.76 bits per heavy atom. The van der Waals surface area contributed by atoms with Gasteiger partial charge in [0.1, 0.15) is 5.75 Å². The Bertz CT molecular complexity index is 756. The summed E-state index contributed by atoms with van der Waals surface area (Å²) in [6.45, 7) is 6.11. The first-order chi connectivity index (χ1) is 12.0. The highest BCUT2D eigenvalue weighted by atomic mass is 32.2. The van der Waals surface area contributed by atoms with Crippen LogP contribution in [0.15, 0.2) is 77.2 Å². The number of rotatable bonds is 7. The first-order valence-electron chi connectivity index (χ1n) is 8.34.